The largest absolute Gasteiger partial charge is 0.486 e. The molecule has 3 aromatic carbocycles. The fourth-order valence-corrected chi connectivity index (χ4v) is 7.56. The van der Waals surface area contributed by atoms with Gasteiger partial charge < -0.3 is 18.8 Å². The number of hydrogen-bond donors (Lipinski definition) is 0. The molecule has 0 unspecified atom stereocenters. The molecule has 4 aromatic rings. The van der Waals surface area contributed by atoms with E-state index in [0.717, 1.165) is 23.1 Å². The number of amides is 1. The number of benzene rings is 3. The summed E-state index contributed by atoms with van der Waals surface area (Å²) >= 11 is 1.23. The molecule has 10 nitrogen and oxygen atoms in total. The number of aromatic nitrogens is 1. The van der Waals surface area contributed by atoms with Crippen molar-refractivity contribution in [1.82, 2.24) is 4.57 Å². The molecule has 0 saturated carbocycles. The van der Waals surface area contributed by atoms with Crippen molar-refractivity contribution in [3.8, 4) is 11.5 Å². The zero-order valence-electron chi connectivity index (χ0n) is 22.2. The second-order valence-corrected chi connectivity index (χ2v) is 12.4. The smallest absolute Gasteiger partial charge is 0.326 e. The summed E-state index contributed by atoms with van der Waals surface area (Å²) in [6, 6.07) is 16.8. The van der Waals surface area contributed by atoms with Crippen LogP contribution in [0, 0.1) is 0 Å². The highest BCUT2D eigenvalue weighted by Crippen LogP contribution is 2.36. The summed E-state index contributed by atoms with van der Waals surface area (Å²) in [6.07, 6.45) is 1.56. The molecular weight excluding hydrogens is 566 g/mol. The van der Waals surface area contributed by atoms with Crippen LogP contribution < -0.4 is 18.6 Å². The van der Waals surface area contributed by atoms with Crippen molar-refractivity contribution in [1.29, 1.82) is 0 Å². The number of hydrogen-bond acceptors (Lipinski definition) is 8. The van der Waals surface area contributed by atoms with E-state index in [1.807, 2.05) is 24.3 Å². The first-order valence-corrected chi connectivity index (χ1v) is 15.5. The lowest BCUT2D eigenvalue weighted by molar-refractivity contribution is -0.143. The zero-order valence-corrected chi connectivity index (χ0v) is 23.9. The number of sulfonamides is 1. The van der Waals surface area contributed by atoms with Gasteiger partial charge >= 0.3 is 5.97 Å². The van der Waals surface area contributed by atoms with E-state index in [-0.39, 0.29) is 23.6 Å². The van der Waals surface area contributed by atoms with Crippen LogP contribution in [0.1, 0.15) is 29.3 Å². The molecule has 0 radical (unpaired) electrons. The Hall–Kier alpha value is -4.16. The van der Waals surface area contributed by atoms with E-state index in [0.29, 0.717) is 47.3 Å². The van der Waals surface area contributed by atoms with Crippen LogP contribution in [0.5, 0.6) is 11.5 Å². The number of esters is 1. The molecule has 1 aromatic heterocycles. The quantitative estimate of drug-likeness (QED) is 0.311. The molecule has 0 fully saturated rings. The predicted molar refractivity (Wildman–Crippen MR) is 153 cm³/mol. The molecule has 0 N–H and O–H groups in total. The van der Waals surface area contributed by atoms with Crippen molar-refractivity contribution in [2.24, 2.45) is 4.99 Å². The first kappa shape index (κ1) is 27.0. The van der Waals surface area contributed by atoms with Gasteiger partial charge in [0.15, 0.2) is 16.3 Å². The molecule has 0 spiro atoms. The van der Waals surface area contributed by atoms with E-state index >= 15 is 0 Å². The number of fused-ring (bicyclic) bond motifs is 3. The Bertz CT molecular complexity index is 1830. The van der Waals surface area contributed by atoms with E-state index in [2.05, 4.69) is 4.99 Å². The Balaban J connectivity index is 1.33. The fourth-order valence-electron chi connectivity index (χ4n) is 4.98. The Morgan fingerprint density at radius 2 is 1.76 bits per heavy atom. The Labute approximate surface area is 240 Å². The Kier molecular flexibility index (Phi) is 7.26. The van der Waals surface area contributed by atoms with Gasteiger partial charge in [0.25, 0.3) is 15.9 Å². The van der Waals surface area contributed by atoms with Gasteiger partial charge in [0, 0.05) is 24.2 Å². The van der Waals surface area contributed by atoms with Crippen molar-refractivity contribution >= 4 is 49.1 Å². The van der Waals surface area contributed by atoms with Crippen LogP contribution in [-0.4, -0.2) is 51.2 Å². The SMILES string of the molecule is CCOC(=O)Cn1c(=NC(=O)c2ccc(S(=O)(=O)N3CCCc4ccccc43)cc2)sc2cc3c(cc21)OCCO3. The molecule has 1 amide bonds. The zero-order chi connectivity index (χ0) is 28.6. The summed E-state index contributed by atoms with van der Waals surface area (Å²) in [5.41, 5.74) is 2.55. The van der Waals surface area contributed by atoms with Gasteiger partial charge in [-0.1, -0.05) is 29.5 Å². The van der Waals surface area contributed by atoms with Crippen LogP contribution in [0.2, 0.25) is 0 Å². The molecule has 0 bridgehead atoms. The Morgan fingerprint density at radius 1 is 1.02 bits per heavy atom. The van der Waals surface area contributed by atoms with Crippen molar-refractivity contribution in [2.75, 3.05) is 30.7 Å². The number of carbonyl (C=O) groups excluding carboxylic acids is 2. The summed E-state index contributed by atoms with van der Waals surface area (Å²) in [5, 5.41) is 0. The summed E-state index contributed by atoms with van der Waals surface area (Å²) < 4.78 is 47.3. The first-order chi connectivity index (χ1) is 19.8. The van der Waals surface area contributed by atoms with Crippen molar-refractivity contribution in [2.45, 2.75) is 31.2 Å². The predicted octanol–water partition coefficient (Wildman–Crippen LogP) is 3.92. The average Bonchev–Trinajstić information content (AvgIpc) is 3.30. The third-order valence-corrected chi connectivity index (χ3v) is 9.76. The van der Waals surface area contributed by atoms with Gasteiger partial charge in [0.2, 0.25) is 0 Å². The van der Waals surface area contributed by atoms with Gasteiger partial charge in [-0.15, -0.1) is 0 Å². The van der Waals surface area contributed by atoms with Gasteiger partial charge in [-0.3, -0.25) is 13.9 Å². The number of nitrogens with zero attached hydrogens (tertiary/aromatic N) is 3. The molecule has 0 aliphatic carbocycles. The first-order valence-electron chi connectivity index (χ1n) is 13.2. The molecule has 3 heterocycles. The van der Waals surface area contributed by atoms with Gasteiger partial charge in [-0.2, -0.15) is 4.99 Å². The Morgan fingerprint density at radius 3 is 2.51 bits per heavy atom. The van der Waals surface area contributed by atoms with Gasteiger partial charge in [-0.25, -0.2) is 8.42 Å². The number of carbonyl (C=O) groups is 2. The van der Waals surface area contributed by atoms with E-state index in [1.165, 1.54) is 39.9 Å². The van der Waals surface area contributed by atoms with Crippen LogP contribution in [0.25, 0.3) is 10.2 Å². The summed E-state index contributed by atoms with van der Waals surface area (Å²) in [7, 11) is -3.81. The van der Waals surface area contributed by atoms with Crippen LogP contribution in [-0.2, 0) is 32.5 Å². The van der Waals surface area contributed by atoms with Crippen LogP contribution >= 0.6 is 11.3 Å². The second kappa shape index (κ2) is 11.0. The maximum atomic E-state index is 13.5. The minimum atomic E-state index is -3.81. The normalized spacial score (nSPS) is 15.0. The van der Waals surface area contributed by atoms with Crippen LogP contribution in [0.4, 0.5) is 5.69 Å². The van der Waals surface area contributed by atoms with Crippen molar-refractivity contribution in [3.05, 3.63) is 76.6 Å². The molecule has 41 heavy (non-hydrogen) atoms. The third-order valence-electron chi connectivity index (χ3n) is 6.89. The van der Waals surface area contributed by atoms with Crippen LogP contribution in [0.3, 0.4) is 0 Å². The molecule has 12 heteroatoms. The number of ether oxygens (including phenoxy) is 3. The summed E-state index contributed by atoms with van der Waals surface area (Å²) in [4.78, 5) is 30.3. The molecule has 0 saturated heterocycles. The van der Waals surface area contributed by atoms with Crippen molar-refractivity contribution < 1.29 is 32.2 Å². The minimum Gasteiger partial charge on any atom is -0.486 e. The lowest BCUT2D eigenvalue weighted by Crippen LogP contribution is -2.35. The topological polar surface area (TPSA) is 117 Å². The minimum absolute atomic E-state index is 0.0931. The van der Waals surface area contributed by atoms with E-state index < -0.39 is 21.9 Å². The number of thiazole rings is 1. The number of rotatable bonds is 6. The third kappa shape index (κ3) is 5.20. The fraction of sp³-hybridized carbons (Fsp3) is 0.276. The van der Waals surface area contributed by atoms with Gasteiger partial charge in [-0.05, 0) is 55.7 Å². The number of anilines is 1. The lowest BCUT2D eigenvalue weighted by atomic mass is 10.0. The number of para-hydroxylation sites is 1. The van der Waals surface area contributed by atoms with Crippen molar-refractivity contribution in [3.63, 3.8) is 0 Å². The average molecular weight is 594 g/mol. The highest BCUT2D eigenvalue weighted by atomic mass is 32.2. The molecule has 212 valence electrons. The maximum Gasteiger partial charge on any atom is 0.326 e. The van der Waals surface area contributed by atoms with E-state index in [4.69, 9.17) is 14.2 Å². The molecule has 6 rings (SSSR count). The molecule has 2 aliphatic heterocycles. The number of aryl methyl sites for hydroxylation is 1. The summed E-state index contributed by atoms with van der Waals surface area (Å²) in [6.45, 7) is 3.02. The highest BCUT2D eigenvalue weighted by molar-refractivity contribution is 7.92. The monoisotopic (exact) mass is 593 g/mol. The van der Waals surface area contributed by atoms with E-state index in [9.17, 15) is 18.0 Å². The van der Waals surface area contributed by atoms with Crippen LogP contribution in [0.15, 0.2) is 70.6 Å². The molecular formula is C29H27N3O7S2. The standard InChI is InChI=1S/C29H27N3O7S2/c1-2-37-27(33)18-31-23-16-24-25(39-15-14-38-24)17-26(23)40-29(31)30-28(34)20-9-11-21(12-10-20)41(35,36)32-13-5-7-19-6-3-4-8-22(19)32/h3-4,6,8-12,16-17H,2,5,7,13-15,18H2,1H3. The maximum absolute atomic E-state index is 13.5. The molecule has 2 aliphatic rings. The second-order valence-electron chi connectivity index (χ2n) is 9.49. The highest BCUT2D eigenvalue weighted by Gasteiger charge is 2.29. The lowest BCUT2D eigenvalue weighted by Gasteiger charge is -2.30. The van der Waals surface area contributed by atoms with Gasteiger partial charge in [0.05, 0.1) is 27.4 Å². The van der Waals surface area contributed by atoms with Gasteiger partial charge in [0.1, 0.15) is 19.8 Å². The summed E-state index contributed by atoms with van der Waals surface area (Å²) in [5.74, 6) is 0.0907. The molecule has 0 atom stereocenters. The van der Waals surface area contributed by atoms with E-state index in [1.54, 1.807) is 23.6 Å².